The summed E-state index contributed by atoms with van der Waals surface area (Å²) < 4.78 is 11.4. The standard InChI is InChI=1S/C24H27N3O4/c28-20-10-3-8-18-23(20)24(21-11-5-13-31-21)27(19-9-2-1-7-17(19)26-18)15-22(29)25-14-16-6-4-12-30-16/h1-2,5,7,9,11,13,16,24,26H,3-4,6,8,10,12,14-15H2,(H,25,29)/t16-,24-/m1/s1. The average Bonchev–Trinajstić information content (AvgIpc) is 3.46. The molecule has 2 atom stereocenters. The van der Waals surface area contributed by atoms with Gasteiger partial charge in [0.25, 0.3) is 0 Å². The van der Waals surface area contributed by atoms with E-state index in [0.29, 0.717) is 24.3 Å². The zero-order chi connectivity index (χ0) is 21.2. The van der Waals surface area contributed by atoms with Crippen LogP contribution in [0.15, 0.2) is 58.3 Å². The number of anilines is 2. The van der Waals surface area contributed by atoms with Gasteiger partial charge in [0.15, 0.2) is 5.78 Å². The van der Waals surface area contributed by atoms with Gasteiger partial charge in [-0.1, -0.05) is 12.1 Å². The second-order valence-electron chi connectivity index (χ2n) is 8.30. The average molecular weight is 421 g/mol. The van der Waals surface area contributed by atoms with Crippen LogP contribution < -0.4 is 15.5 Å². The minimum Gasteiger partial charge on any atom is -0.467 e. The second kappa shape index (κ2) is 8.59. The number of nitrogens with zero attached hydrogens (tertiary/aromatic N) is 1. The number of furan rings is 1. The Morgan fingerprint density at radius 3 is 2.87 bits per heavy atom. The van der Waals surface area contributed by atoms with E-state index in [1.54, 1.807) is 6.26 Å². The van der Waals surface area contributed by atoms with Gasteiger partial charge in [-0.15, -0.1) is 0 Å². The number of ether oxygens (including phenoxy) is 1. The van der Waals surface area contributed by atoms with Crippen molar-refractivity contribution in [1.82, 2.24) is 5.32 Å². The van der Waals surface area contributed by atoms with E-state index in [2.05, 4.69) is 10.6 Å². The van der Waals surface area contributed by atoms with E-state index in [4.69, 9.17) is 9.15 Å². The Labute approximate surface area is 181 Å². The predicted octanol–water partition coefficient (Wildman–Crippen LogP) is 3.56. The molecule has 0 saturated carbocycles. The van der Waals surface area contributed by atoms with E-state index in [1.807, 2.05) is 41.3 Å². The summed E-state index contributed by atoms with van der Waals surface area (Å²) in [6.45, 7) is 1.37. The molecule has 1 aliphatic carbocycles. The van der Waals surface area contributed by atoms with E-state index >= 15 is 0 Å². The molecule has 1 saturated heterocycles. The second-order valence-corrected chi connectivity index (χ2v) is 8.30. The number of Topliss-reactive ketones (excluding diaryl/α,β-unsaturated/α-hetero) is 1. The summed E-state index contributed by atoms with van der Waals surface area (Å²) in [5.41, 5.74) is 3.39. The topological polar surface area (TPSA) is 83.8 Å². The summed E-state index contributed by atoms with van der Waals surface area (Å²) >= 11 is 0. The highest BCUT2D eigenvalue weighted by molar-refractivity contribution is 6.01. The van der Waals surface area contributed by atoms with Crippen LogP contribution in [0.1, 0.15) is 43.9 Å². The number of allylic oxidation sites excluding steroid dienone is 1. The van der Waals surface area contributed by atoms with Crippen molar-refractivity contribution in [2.45, 2.75) is 44.2 Å². The molecule has 2 aromatic rings. The van der Waals surface area contributed by atoms with Crippen LogP contribution in [0.3, 0.4) is 0 Å². The van der Waals surface area contributed by atoms with Gasteiger partial charge in [0, 0.05) is 30.8 Å². The number of carbonyl (C=O) groups is 2. The van der Waals surface area contributed by atoms with Gasteiger partial charge in [-0.3, -0.25) is 9.59 Å². The van der Waals surface area contributed by atoms with Gasteiger partial charge in [0.05, 0.1) is 30.3 Å². The van der Waals surface area contributed by atoms with E-state index < -0.39 is 6.04 Å². The fourth-order valence-electron chi connectivity index (χ4n) is 4.76. The number of hydrogen-bond acceptors (Lipinski definition) is 6. The van der Waals surface area contributed by atoms with Crippen molar-refractivity contribution in [3.63, 3.8) is 0 Å². The molecule has 0 radical (unpaired) electrons. The van der Waals surface area contributed by atoms with Gasteiger partial charge in [0.1, 0.15) is 11.8 Å². The molecule has 7 nitrogen and oxygen atoms in total. The fraction of sp³-hybridized carbons (Fsp3) is 0.417. The maximum atomic E-state index is 13.1. The quantitative estimate of drug-likeness (QED) is 0.768. The van der Waals surface area contributed by atoms with Gasteiger partial charge in [-0.2, -0.15) is 0 Å². The predicted molar refractivity (Wildman–Crippen MR) is 117 cm³/mol. The van der Waals surface area contributed by atoms with Crippen molar-refractivity contribution < 1.29 is 18.7 Å². The number of amides is 1. The molecule has 3 aliphatic rings. The fourth-order valence-corrected chi connectivity index (χ4v) is 4.76. The molecule has 7 heteroatoms. The van der Waals surface area contributed by atoms with E-state index in [9.17, 15) is 9.59 Å². The van der Waals surface area contributed by atoms with E-state index in [0.717, 1.165) is 49.4 Å². The minimum absolute atomic E-state index is 0.0807. The number of benzene rings is 1. The third-order valence-corrected chi connectivity index (χ3v) is 6.22. The van der Waals surface area contributed by atoms with Crippen LogP contribution in [0.5, 0.6) is 0 Å². The first kappa shape index (κ1) is 19.9. The van der Waals surface area contributed by atoms with Gasteiger partial charge in [-0.25, -0.2) is 0 Å². The van der Waals surface area contributed by atoms with Gasteiger partial charge in [-0.05, 0) is 49.9 Å². The Morgan fingerprint density at radius 2 is 2.06 bits per heavy atom. The number of carbonyl (C=O) groups excluding carboxylic acids is 2. The van der Waals surface area contributed by atoms with Gasteiger partial charge in [0.2, 0.25) is 5.91 Å². The lowest BCUT2D eigenvalue weighted by Crippen LogP contribution is -2.43. The van der Waals surface area contributed by atoms with Crippen molar-refractivity contribution in [2.75, 3.05) is 29.9 Å². The molecule has 1 aromatic carbocycles. The summed E-state index contributed by atoms with van der Waals surface area (Å²) in [5, 5.41) is 6.50. The molecule has 31 heavy (non-hydrogen) atoms. The number of rotatable bonds is 5. The SMILES string of the molecule is O=C(CN1c2ccccc2NC2=C(C(=O)CCC2)[C@H]1c1ccco1)NC[C@H]1CCCO1. The smallest absolute Gasteiger partial charge is 0.239 e. The van der Waals surface area contributed by atoms with Crippen molar-refractivity contribution >= 4 is 23.1 Å². The normalized spacial score (nSPS) is 23.1. The number of para-hydroxylation sites is 2. The number of nitrogens with one attached hydrogen (secondary N) is 2. The van der Waals surface area contributed by atoms with Crippen LogP contribution in [-0.2, 0) is 14.3 Å². The molecule has 5 rings (SSSR count). The maximum absolute atomic E-state index is 13.1. The minimum atomic E-state index is -0.456. The zero-order valence-electron chi connectivity index (χ0n) is 17.4. The zero-order valence-corrected chi connectivity index (χ0v) is 17.4. The molecule has 1 amide bonds. The van der Waals surface area contributed by atoms with Crippen molar-refractivity contribution in [1.29, 1.82) is 0 Å². The lowest BCUT2D eigenvalue weighted by Gasteiger charge is -2.33. The number of hydrogen-bond donors (Lipinski definition) is 2. The first-order chi connectivity index (χ1) is 15.2. The lowest BCUT2D eigenvalue weighted by molar-refractivity contribution is -0.120. The highest BCUT2D eigenvalue weighted by atomic mass is 16.5. The Hall–Kier alpha value is -3.06. The van der Waals surface area contributed by atoms with Crippen molar-refractivity contribution in [2.24, 2.45) is 0 Å². The van der Waals surface area contributed by atoms with Crippen LogP contribution in [0, 0.1) is 0 Å². The number of ketones is 1. The molecule has 2 aliphatic heterocycles. The summed E-state index contributed by atoms with van der Waals surface area (Å²) in [4.78, 5) is 28.1. The molecule has 0 unspecified atom stereocenters. The Bertz CT molecular complexity index is 992. The summed E-state index contributed by atoms with van der Waals surface area (Å²) in [6.07, 6.45) is 5.82. The van der Waals surface area contributed by atoms with Crippen LogP contribution >= 0.6 is 0 Å². The molecule has 2 N–H and O–H groups in total. The number of fused-ring (bicyclic) bond motifs is 1. The molecular weight excluding hydrogens is 394 g/mol. The van der Waals surface area contributed by atoms with Crippen molar-refractivity contribution in [3.8, 4) is 0 Å². The molecule has 3 heterocycles. The third kappa shape index (κ3) is 3.97. The van der Waals surface area contributed by atoms with Crippen LogP contribution in [-0.4, -0.2) is 37.5 Å². The third-order valence-electron chi connectivity index (χ3n) is 6.22. The molecule has 1 aromatic heterocycles. The first-order valence-corrected chi connectivity index (χ1v) is 11.0. The van der Waals surface area contributed by atoms with Crippen molar-refractivity contribution in [3.05, 3.63) is 59.7 Å². The van der Waals surface area contributed by atoms with Gasteiger partial charge >= 0.3 is 0 Å². The molecular formula is C24H27N3O4. The molecule has 162 valence electrons. The Morgan fingerprint density at radius 1 is 1.16 bits per heavy atom. The van der Waals surface area contributed by atoms with Crippen LogP contribution in [0.2, 0.25) is 0 Å². The summed E-state index contributed by atoms with van der Waals surface area (Å²) in [7, 11) is 0. The van der Waals surface area contributed by atoms with E-state index in [1.165, 1.54) is 0 Å². The molecule has 0 bridgehead atoms. The highest BCUT2D eigenvalue weighted by Gasteiger charge is 2.38. The molecule has 1 fully saturated rings. The van der Waals surface area contributed by atoms with Gasteiger partial charge < -0.3 is 24.7 Å². The summed E-state index contributed by atoms with van der Waals surface area (Å²) in [6, 6.07) is 11.1. The largest absolute Gasteiger partial charge is 0.467 e. The van der Waals surface area contributed by atoms with E-state index in [-0.39, 0.29) is 24.3 Å². The Balaban J connectivity index is 1.51. The lowest BCUT2D eigenvalue weighted by atomic mass is 9.88. The summed E-state index contributed by atoms with van der Waals surface area (Å²) in [5.74, 6) is 0.662. The maximum Gasteiger partial charge on any atom is 0.239 e. The van der Waals surface area contributed by atoms with Crippen LogP contribution in [0.4, 0.5) is 11.4 Å². The Kier molecular flexibility index (Phi) is 5.51. The van der Waals surface area contributed by atoms with Crippen LogP contribution in [0.25, 0.3) is 0 Å². The molecule has 0 spiro atoms. The monoisotopic (exact) mass is 421 g/mol. The highest BCUT2D eigenvalue weighted by Crippen LogP contribution is 2.44. The first-order valence-electron chi connectivity index (χ1n) is 11.0.